The molecule has 0 amide bonds. The first-order chi connectivity index (χ1) is 12.9. The number of piperazine rings is 1. The molecular weight excluding hydrogens is 435 g/mol. The van der Waals surface area contributed by atoms with E-state index in [1.54, 1.807) is 10.3 Å². The Labute approximate surface area is 170 Å². The number of hydrogen-bond acceptors (Lipinski definition) is 7. The van der Waals surface area contributed by atoms with Crippen LogP contribution in [0, 0.1) is 0 Å². The third-order valence-electron chi connectivity index (χ3n) is 4.60. The van der Waals surface area contributed by atoms with Gasteiger partial charge in [0, 0.05) is 36.9 Å². The zero-order valence-electron chi connectivity index (χ0n) is 14.7. The number of thiol groups is 1. The van der Waals surface area contributed by atoms with Crippen molar-refractivity contribution < 1.29 is 26.7 Å². The highest BCUT2D eigenvalue weighted by Gasteiger charge is 2.51. The van der Waals surface area contributed by atoms with E-state index in [1.165, 1.54) is 34.8 Å². The van der Waals surface area contributed by atoms with Crippen LogP contribution >= 0.6 is 24.0 Å². The number of sulfonamides is 1. The summed E-state index contributed by atoms with van der Waals surface area (Å²) < 4.78 is 65.4. The monoisotopic (exact) mass is 453 g/mol. The molecule has 1 fully saturated rings. The minimum atomic E-state index is -4.80. The highest BCUT2D eigenvalue weighted by Crippen LogP contribution is 2.39. The molecule has 2 atom stereocenters. The van der Waals surface area contributed by atoms with Crippen molar-refractivity contribution in [3.63, 3.8) is 0 Å². The number of thiazole rings is 1. The van der Waals surface area contributed by atoms with E-state index in [9.17, 15) is 26.7 Å². The molecule has 1 aromatic carbocycles. The predicted molar refractivity (Wildman–Crippen MR) is 103 cm³/mol. The minimum Gasteiger partial charge on any atom is -0.376 e. The molecule has 0 radical (unpaired) electrons. The molecule has 1 aliphatic heterocycles. The van der Waals surface area contributed by atoms with Gasteiger partial charge in [0.25, 0.3) is 10.0 Å². The lowest BCUT2D eigenvalue weighted by molar-refractivity contribution is -0.258. The van der Waals surface area contributed by atoms with Crippen LogP contribution in [0.25, 0.3) is 0 Å². The Morgan fingerprint density at radius 2 is 1.89 bits per heavy atom. The van der Waals surface area contributed by atoms with Gasteiger partial charge in [-0.15, -0.1) is 11.3 Å². The van der Waals surface area contributed by atoms with Crippen LogP contribution in [-0.2, 0) is 15.6 Å². The third-order valence-corrected chi connectivity index (χ3v) is 8.09. The van der Waals surface area contributed by atoms with Crippen LogP contribution in [-0.4, -0.2) is 54.0 Å². The molecule has 2 heterocycles. The molecule has 2 aromatic rings. The SMILES string of the molecule is CC(O)(c1ccc(N2CCN(S(=O)(=O)c3nccs3)C[C@@H]2S)cc1)C(F)(F)F. The topological polar surface area (TPSA) is 73.7 Å². The molecule has 12 heteroatoms. The van der Waals surface area contributed by atoms with Crippen LogP contribution < -0.4 is 4.90 Å². The van der Waals surface area contributed by atoms with Crippen molar-refractivity contribution in [2.45, 2.75) is 28.4 Å². The number of rotatable bonds is 4. The lowest BCUT2D eigenvalue weighted by Crippen LogP contribution is -2.52. The van der Waals surface area contributed by atoms with Gasteiger partial charge in [-0.3, -0.25) is 0 Å². The second-order valence-corrected chi connectivity index (χ2v) is 10.1. The Morgan fingerprint density at radius 3 is 2.39 bits per heavy atom. The van der Waals surface area contributed by atoms with Crippen molar-refractivity contribution >= 4 is 39.7 Å². The predicted octanol–water partition coefficient (Wildman–Crippen LogP) is 2.68. The number of anilines is 1. The van der Waals surface area contributed by atoms with Crippen molar-refractivity contribution in [3.8, 4) is 0 Å². The zero-order valence-corrected chi connectivity index (χ0v) is 17.2. The zero-order chi connectivity index (χ0) is 20.7. The van der Waals surface area contributed by atoms with Gasteiger partial charge in [-0.05, 0) is 24.6 Å². The number of hydrogen-bond donors (Lipinski definition) is 2. The number of benzene rings is 1. The van der Waals surface area contributed by atoms with Gasteiger partial charge in [-0.2, -0.15) is 30.1 Å². The molecule has 0 bridgehead atoms. The molecule has 0 spiro atoms. The van der Waals surface area contributed by atoms with Gasteiger partial charge < -0.3 is 10.0 Å². The van der Waals surface area contributed by atoms with Crippen LogP contribution in [0.2, 0.25) is 0 Å². The summed E-state index contributed by atoms with van der Waals surface area (Å²) in [5, 5.41) is 10.9. The van der Waals surface area contributed by atoms with E-state index in [0.717, 1.165) is 11.3 Å². The number of nitrogens with zero attached hydrogens (tertiary/aromatic N) is 3. The quantitative estimate of drug-likeness (QED) is 0.697. The van der Waals surface area contributed by atoms with E-state index >= 15 is 0 Å². The van der Waals surface area contributed by atoms with Gasteiger partial charge >= 0.3 is 6.18 Å². The second kappa shape index (κ2) is 7.48. The summed E-state index contributed by atoms with van der Waals surface area (Å²) in [4.78, 5) is 5.65. The molecule has 0 aliphatic carbocycles. The van der Waals surface area contributed by atoms with Gasteiger partial charge in [0.05, 0.1) is 5.37 Å². The summed E-state index contributed by atoms with van der Waals surface area (Å²) in [5.74, 6) is 0. The van der Waals surface area contributed by atoms with Gasteiger partial charge in [0.15, 0.2) is 5.60 Å². The first kappa shape index (κ1) is 21.4. The maximum atomic E-state index is 13.0. The summed E-state index contributed by atoms with van der Waals surface area (Å²) in [5.41, 5.74) is -2.63. The Morgan fingerprint density at radius 1 is 1.25 bits per heavy atom. The summed E-state index contributed by atoms with van der Waals surface area (Å²) in [6, 6.07) is 5.34. The first-order valence-corrected chi connectivity index (χ1v) is 11.0. The molecule has 1 N–H and O–H groups in total. The van der Waals surface area contributed by atoms with Crippen LogP contribution in [0.5, 0.6) is 0 Å². The van der Waals surface area contributed by atoms with Crippen molar-refractivity contribution in [2.24, 2.45) is 0 Å². The normalized spacial score (nSPS) is 21.5. The molecule has 3 rings (SSSR count). The van der Waals surface area contributed by atoms with Crippen molar-refractivity contribution in [2.75, 3.05) is 24.5 Å². The first-order valence-electron chi connectivity index (χ1n) is 8.18. The highest BCUT2D eigenvalue weighted by atomic mass is 32.2. The number of aliphatic hydroxyl groups is 1. The van der Waals surface area contributed by atoms with Crippen molar-refractivity contribution in [1.82, 2.24) is 9.29 Å². The van der Waals surface area contributed by atoms with E-state index in [-0.39, 0.29) is 23.0 Å². The van der Waals surface area contributed by atoms with Gasteiger partial charge in [-0.1, -0.05) is 12.1 Å². The molecule has 1 saturated heterocycles. The lowest BCUT2D eigenvalue weighted by Gasteiger charge is -2.39. The van der Waals surface area contributed by atoms with Crippen LogP contribution in [0.4, 0.5) is 18.9 Å². The van der Waals surface area contributed by atoms with Crippen LogP contribution in [0.3, 0.4) is 0 Å². The third kappa shape index (κ3) is 3.88. The van der Waals surface area contributed by atoms with E-state index in [1.807, 2.05) is 0 Å². The summed E-state index contributed by atoms with van der Waals surface area (Å²) in [6.07, 6.45) is -3.38. The average molecular weight is 454 g/mol. The van der Waals surface area contributed by atoms with Crippen LogP contribution in [0.1, 0.15) is 12.5 Å². The lowest BCUT2D eigenvalue weighted by atomic mass is 9.95. The molecule has 1 aliphatic rings. The standard InChI is InChI=1S/C16H18F3N3O3S3/c1-15(23,16(17,18)19)11-2-4-12(5-3-11)22-8-7-21(10-13(22)26)28(24,25)14-20-6-9-27-14/h2-6,9,13,23,26H,7-8,10H2,1H3/t13-,15?/m0/s1. The van der Waals surface area contributed by atoms with Crippen LogP contribution in [0.15, 0.2) is 40.2 Å². The minimum absolute atomic E-state index is 0.0141. The Balaban J connectivity index is 1.75. The fourth-order valence-corrected chi connectivity index (χ4v) is 5.81. The maximum absolute atomic E-state index is 13.0. The second-order valence-electron chi connectivity index (χ2n) is 6.45. The fraction of sp³-hybridized carbons (Fsp3) is 0.438. The highest BCUT2D eigenvalue weighted by molar-refractivity contribution is 7.91. The summed E-state index contributed by atoms with van der Waals surface area (Å²) in [7, 11) is -3.69. The number of halogens is 3. The molecule has 154 valence electrons. The van der Waals surface area contributed by atoms with Gasteiger partial charge in [0.1, 0.15) is 0 Å². The fourth-order valence-electron chi connectivity index (χ4n) is 2.85. The smallest absolute Gasteiger partial charge is 0.376 e. The number of aromatic nitrogens is 1. The van der Waals surface area contributed by atoms with E-state index in [2.05, 4.69) is 17.6 Å². The van der Waals surface area contributed by atoms with Crippen molar-refractivity contribution in [3.05, 3.63) is 41.4 Å². The van der Waals surface area contributed by atoms with E-state index < -0.39 is 27.2 Å². The van der Waals surface area contributed by atoms with E-state index in [0.29, 0.717) is 19.2 Å². The Bertz CT molecular complexity index is 916. The van der Waals surface area contributed by atoms with Gasteiger partial charge in [0.2, 0.25) is 4.34 Å². The Hall–Kier alpha value is -1.34. The summed E-state index contributed by atoms with van der Waals surface area (Å²) >= 11 is 5.49. The van der Waals surface area contributed by atoms with Gasteiger partial charge in [-0.25, -0.2) is 13.4 Å². The molecule has 28 heavy (non-hydrogen) atoms. The molecule has 1 aromatic heterocycles. The Kier molecular flexibility index (Phi) is 5.71. The summed E-state index contributed by atoms with van der Waals surface area (Å²) in [6.45, 7) is 1.31. The molecule has 0 saturated carbocycles. The van der Waals surface area contributed by atoms with E-state index in [4.69, 9.17) is 0 Å². The largest absolute Gasteiger partial charge is 0.421 e. The molecule has 6 nitrogen and oxygen atoms in total. The number of alkyl halides is 3. The van der Waals surface area contributed by atoms with Crippen molar-refractivity contribution in [1.29, 1.82) is 0 Å². The molecular formula is C16H18F3N3O3S3. The average Bonchev–Trinajstić information content (AvgIpc) is 3.16. The molecule has 1 unspecified atom stereocenters. The maximum Gasteiger partial charge on any atom is 0.421 e.